The number of aliphatic carboxylic acids is 1. The molecule has 9 heteroatoms. The lowest BCUT2D eigenvalue weighted by Crippen LogP contribution is -2.42. The third-order valence-corrected chi connectivity index (χ3v) is 8.39. The highest BCUT2D eigenvalue weighted by molar-refractivity contribution is 5.96. The van der Waals surface area contributed by atoms with Crippen LogP contribution in [-0.2, 0) is 20.7 Å². The van der Waals surface area contributed by atoms with Crippen molar-refractivity contribution in [3.8, 4) is 0 Å². The van der Waals surface area contributed by atoms with Crippen LogP contribution in [0.5, 0.6) is 0 Å². The number of anilines is 1. The molecule has 1 saturated carbocycles. The fourth-order valence-corrected chi connectivity index (χ4v) is 6.43. The third kappa shape index (κ3) is 4.12. The van der Waals surface area contributed by atoms with Gasteiger partial charge in [-0.1, -0.05) is 6.42 Å². The second kappa shape index (κ2) is 9.75. The number of likely N-dealkylation sites (tertiary alicyclic amines) is 1. The van der Waals surface area contributed by atoms with Crippen LogP contribution in [0.4, 0.5) is 10.5 Å². The minimum atomic E-state index is -0.757. The molecule has 0 radical (unpaired) electrons. The lowest BCUT2D eigenvalue weighted by atomic mass is 9.85. The Hall–Kier alpha value is -3.10. The number of rotatable bonds is 4. The number of carboxylic acid groups (broad SMARTS) is 1. The molecule has 2 aromatic rings. The van der Waals surface area contributed by atoms with Gasteiger partial charge in [0.2, 0.25) is 5.91 Å². The van der Waals surface area contributed by atoms with Crippen LogP contribution >= 0.6 is 0 Å². The average Bonchev–Trinajstić information content (AvgIpc) is 3.55. The maximum Gasteiger partial charge on any atom is 0.414 e. The predicted molar refractivity (Wildman–Crippen MR) is 135 cm³/mol. The van der Waals surface area contributed by atoms with Crippen molar-refractivity contribution in [1.82, 2.24) is 14.5 Å². The van der Waals surface area contributed by atoms with E-state index < -0.39 is 23.9 Å². The highest BCUT2D eigenvalue weighted by atomic mass is 16.5. The standard InChI is InChI=1S/C27H36N4O5/c1-16-9-10-20-21(30(16)27(35)36-3)11-12-22-23(20)28-24(17(2)25(32)29-13-4-5-14-29)31(22)19-8-6-7-18(15-19)26(33)34/h11-12,16-19H,4-10,13-15H2,1-3H3,(H,33,34)/t16?,17?,18-,19-/m1/s1. The summed E-state index contributed by atoms with van der Waals surface area (Å²) in [6, 6.07) is 3.91. The molecule has 1 saturated heterocycles. The molecule has 194 valence electrons. The van der Waals surface area contributed by atoms with Crippen molar-refractivity contribution in [2.75, 3.05) is 25.1 Å². The van der Waals surface area contributed by atoms with Crippen molar-refractivity contribution >= 4 is 34.7 Å². The fourth-order valence-electron chi connectivity index (χ4n) is 6.43. The quantitative estimate of drug-likeness (QED) is 0.669. The van der Waals surface area contributed by atoms with Crippen LogP contribution in [0.1, 0.15) is 82.1 Å². The summed E-state index contributed by atoms with van der Waals surface area (Å²) in [6.45, 7) is 5.48. The molecule has 1 aromatic carbocycles. The van der Waals surface area contributed by atoms with Gasteiger partial charge in [-0.15, -0.1) is 0 Å². The van der Waals surface area contributed by atoms with E-state index in [-0.39, 0.29) is 18.0 Å². The van der Waals surface area contributed by atoms with Gasteiger partial charge in [0.05, 0.1) is 35.7 Å². The molecule has 3 aliphatic rings. The molecule has 5 rings (SSSR count). The molecule has 1 aromatic heterocycles. The largest absolute Gasteiger partial charge is 0.481 e. The van der Waals surface area contributed by atoms with Crippen molar-refractivity contribution in [2.45, 2.75) is 83.2 Å². The zero-order valence-corrected chi connectivity index (χ0v) is 21.4. The van der Waals surface area contributed by atoms with Gasteiger partial charge in [0.1, 0.15) is 5.82 Å². The second-order valence-corrected chi connectivity index (χ2v) is 10.6. The zero-order chi connectivity index (χ0) is 25.6. The number of carboxylic acids is 1. The van der Waals surface area contributed by atoms with E-state index in [1.807, 2.05) is 30.9 Å². The Bertz CT molecular complexity index is 1180. The van der Waals surface area contributed by atoms with Gasteiger partial charge in [-0.2, -0.15) is 0 Å². The number of carbonyl (C=O) groups excluding carboxylic acids is 2. The number of aromatic nitrogens is 2. The molecule has 36 heavy (non-hydrogen) atoms. The lowest BCUT2D eigenvalue weighted by molar-refractivity contribution is -0.143. The van der Waals surface area contributed by atoms with E-state index in [0.29, 0.717) is 18.7 Å². The van der Waals surface area contributed by atoms with Crippen molar-refractivity contribution in [3.63, 3.8) is 0 Å². The Kier molecular flexibility index (Phi) is 6.66. The van der Waals surface area contributed by atoms with E-state index in [9.17, 15) is 19.5 Å². The summed E-state index contributed by atoms with van der Waals surface area (Å²) in [5.41, 5.74) is 3.51. The SMILES string of the molecule is COC(=O)N1c2ccc3c(nc(C(C)C(=O)N4CCCC4)n3[C@@H]3CCC[C@@H](C(=O)O)C3)c2CCC1C. The normalized spacial score (nSPS) is 25.0. The monoisotopic (exact) mass is 496 g/mol. The zero-order valence-electron chi connectivity index (χ0n) is 21.4. The number of methoxy groups -OCH3 is 1. The highest BCUT2D eigenvalue weighted by Gasteiger charge is 2.36. The van der Waals surface area contributed by atoms with Gasteiger partial charge < -0.3 is 19.3 Å². The number of ether oxygens (including phenoxy) is 1. The number of hydrogen-bond acceptors (Lipinski definition) is 5. The molecule has 1 aliphatic carbocycles. The minimum Gasteiger partial charge on any atom is -0.481 e. The molecule has 2 fully saturated rings. The van der Waals surface area contributed by atoms with E-state index in [1.165, 1.54) is 7.11 Å². The van der Waals surface area contributed by atoms with Crippen LogP contribution in [0, 0.1) is 5.92 Å². The summed E-state index contributed by atoms with van der Waals surface area (Å²) in [5, 5.41) is 9.73. The topological polar surface area (TPSA) is 105 Å². The van der Waals surface area contributed by atoms with Crippen LogP contribution in [0.3, 0.4) is 0 Å². The summed E-state index contributed by atoms with van der Waals surface area (Å²) in [7, 11) is 1.39. The first-order valence-corrected chi connectivity index (χ1v) is 13.2. The van der Waals surface area contributed by atoms with Gasteiger partial charge in [0, 0.05) is 30.7 Å². The van der Waals surface area contributed by atoms with Gasteiger partial charge in [0.15, 0.2) is 0 Å². The average molecular weight is 497 g/mol. The molecule has 9 nitrogen and oxygen atoms in total. The first kappa shape index (κ1) is 24.6. The predicted octanol–water partition coefficient (Wildman–Crippen LogP) is 4.49. The molecular formula is C27H36N4O5. The molecule has 2 amide bonds. The van der Waals surface area contributed by atoms with E-state index in [0.717, 1.165) is 73.9 Å². The molecule has 0 bridgehead atoms. The number of aryl methyl sites for hydroxylation is 1. The fraction of sp³-hybridized carbons (Fsp3) is 0.630. The summed E-state index contributed by atoms with van der Waals surface area (Å²) in [5.74, 6) is -0.808. The lowest BCUT2D eigenvalue weighted by Gasteiger charge is -2.34. The smallest absolute Gasteiger partial charge is 0.414 e. The van der Waals surface area contributed by atoms with Gasteiger partial charge in [0.25, 0.3) is 0 Å². The van der Waals surface area contributed by atoms with Crippen molar-refractivity contribution < 1.29 is 24.2 Å². The van der Waals surface area contributed by atoms with Crippen molar-refractivity contribution in [3.05, 3.63) is 23.5 Å². The first-order chi connectivity index (χ1) is 17.3. The second-order valence-electron chi connectivity index (χ2n) is 10.6. The Morgan fingerprint density at radius 1 is 1.11 bits per heavy atom. The molecule has 2 aliphatic heterocycles. The summed E-state index contributed by atoms with van der Waals surface area (Å²) in [4.78, 5) is 46.6. The van der Waals surface area contributed by atoms with Gasteiger partial charge >= 0.3 is 12.1 Å². The van der Waals surface area contributed by atoms with E-state index in [1.54, 1.807) is 4.90 Å². The summed E-state index contributed by atoms with van der Waals surface area (Å²) in [6.07, 6.45) is 6.10. The molecule has 0 spiro atoms. The first-order valence-electron chi connectivity index (χ1n) is 13.2. The number of benzene rings is 1. The minimum absolute atomic E-state index is 0.00860. The van der Waals surface area contributed by atoms with E-state index >= 15 is 0 Å². The third-order valence-electron chi connectivity index (χ3n) is 8.39. The van der Waals surface area contributed by atoms with E-state index in [2.05, 4.69) is 4.57 Å². The number of nitrogens with zero attached hydrogens (tertiary/aromatic N) is 4. The number of fused-ring (bicyclic) bond motifs is 3. The Labute approximate surface area is 211 Å². The highest BCUT2D eigenvalue weighted by Crippen LogP contribution is 2.42. The van der Waals surface area contributed by atoms with Crippen LogP contribution in [0.25, 0.3) is 11.0 Å². The number of carbonyl (C=O) groups is 3. The maximum atomic E-state index is 13.5. The Morgan fingerprint density at radius 3 is 2.56 bits per heavy atom. The Balaban J connectivity index is 1.65. The van der Waals surface area contributed by atoms with Gasteiger partial charge in [-0.25, -0.2) is 9.78 Å². The van der Waals surface area contributed by atoms with Crippen LogP contribution in [0.2, 0.25) is 0 Å². The molecule has 2 unspecified atom stereocenters. The van der Waals surface area contributed by atoms with E-state index in [4.69, 9.17) is 9.72 Å². The maximum absolute atomic E-state index is 13.5. The molecular weight excluding hydrogens is 460 g/mol. The van der Waals surface area contributed by atoms with Crippen molar-refractivity contribution in [1.29, 1.82) is 0 Å². The van der Waals surface area contributed by atoms with Crippen LogP contribution < -0.4 is 4.90 Å². The Morgan fingerprint density at radius 2 is 1.86 bits per heavy atom. The summed E-state index contributed by atoms with van der Waals surface area (Å²) >= 11 is 0. The molecule has 4 atom stereocenters. The summed E-state index contributed by atoms with van der Waals surface area (Å²) < 4.78 is 7.23. The number of imidazole rings is 1. The van der Waals surface area contributed by atoms with Gasteiger partial charge in [-0.05, 0) is 70.9 Å². The van der Waals surface area contributed by atoms with Gasteiger partial charge in [-0.3, -0.25) is 14.5 Å². The number of hydrogen-bond donors (Lipinski definition) is 1. The van der Waals surface area contributed by atoms with Crippen molar-refractivity contribution in [2.24, 2.45) is 5.92 Å². The number of amides is 2. The van der Waals surface area contributed by atoms with Crippen LogP contribution in [0.15, 0.2) is 12.1 Å². The van der Waals surface area contributed by atoms with Crippen LogP contribution in [-0.4, -0.2) is 63.8 Å². The molecule has 1 N–H and O–H groups in total. The molecule has 3 heterocycles.